The molecule has 1 aliphatic rings. The van der Waals surface area contributed by atoms with Crippen molar-refractivity contribution in [3.05, 3.63) is 29.3 Å². The van der Waals surface area contributed by atoms with Crippen LogP contribution >= 0.6 is 0 Å². The van der Waals surface area contributed by atoms with E-state index in [1.54, 1.807) is 13.8 Å². The number of aliphatic carboxylic acids is 1. The monoisotopic (exact) mass is 275 g/mol. The quantitative estimate of drug-likeness (QED) is 0.911. The molecule has 1 unspecified atom stereocenters. The number of benzene rings is 1. The summed E-state index contributed by atoms with van der Waals surface area (Å²) in [5, 5.41) is 9.35. The number of hydrogen-bond acceptors (Lipinski definition) is 2. The summed E-state index contributed by atoms with van der Waals surface area (Å²) in [7, 11) is 0. The van der Waals surface area contributed by atoms with Crippen LogP contribution in [0.3, 0.4) is 0 Å². The third-order valence-electron chi connectivity index (χ3n) is 4.28. The summed E-state index contributed by atoms with van der Waals surface area (Å²) < 4.78 is 0. The highest BCUT2D eigenvalue weighted by Gasteiger charge is 2.33. The SMILES string of the molecule is CC1CN(C(C)C)c2cccc(CC(C)(C)C(=O)O)c21. The van der Waals surface area contributed by atoms with E-state index in [1.807, 2.05) is 0 Å². The smallest absolute Gasteiger partial charge is 0.309 e. The van der Waals surface area contributed by atoms with Crippen molar-refractivity contribution >= 4 is 11.7 Å². The van der Waals surface area contributed by atoms with E-state index in [1.165, 1.54) is 16.8 Å². The molecule has 0 aromatic heterocycles. The molecular formula is C17H25NO2. The summed E-state index contributed by atoms with van der Waals surface area (Å²) in [5.74, 6) is -0.269. The number of rotatable bonds is 4. The fraction of sp³-hybridized carbons (Fsp3) is 0.588. The fourth-order valence-electron chi connectivity index (χ4n) is 3.10. The Morgan fingerprint density at radius 1 is 1.45 bits per heavy atom. The Morgan fingerprint density at radius 3 is 2.65 bits per heavy atom. The molecule has 2 rings (SSSR count). The van der Waals surface area contributed by atoms with Gasteiger partial charge in [0.2, 0.25) is 0 Å². The maximum Gasteiger partial charge on any atom is 0.309 e. The minimum atomic E-state index is -0.735. The topological polar surface area (TPSA) is 40.5 Å². The molecule has 3 heteroatoms. The average Bonchev–Trinajstić information content (AvgIpc) is 2.67. The zero-order valence-electron chi connectivity index (χ0n) is 13.1. The van der Waals surface area contributed by atoms with Gasteiger partial charge in [0.05, 0.1) is 5.41 Å². The molecule has 1 aromatic rings. The van der Waals surface area contributed by atoms with Gasteiger partial charge in [-0.2, -0.15) is 0 Å². The summed E-state index contributed by atoms with van der Waals surface area (Å²) in [6, 6.07) is 6.78. The van der Waals surface area contributed by atoms with Crippen molar-refractivity contribution in [2.45, 2.75) is 53.0 Å². The van der Waals surface area contributed by atoms with Crippen molar-refractivity contribution in [3.63, 3.8) is 0 Å². The van der Waals surface area contributed by atoms with Crippen molar-refractivity contribution in [2.75, 3.05) is 11.4 Å². The van der Waals surface area contributed by atoms with Gasteiger partial charge in [0.1, 0.15) is 0 Å². The lowest BCUT2D eigenvalue weighted by Crippen LogP contribution is -2.28. The van der Waals surface area contributed by atoms with E-state index in [0.717, 1.165) is 6.54 Å². The van der Waals surface area contributed by atoms with Crippen molar-refractivity contribution in [3.8, 4) is 0 Å². The van der Waals surface area contributed by atoms with Crippen molar-refractivity contribution < 1.29 is 9.90 Å². The van der Waals surface area contributed by atoms with Crippen LogP contribution in [0.25, 0.3) is 0 Å². The molecule has 110 valence electrons. The number of carboxylic acids is 1. The fourth-order valence-corrected chi connectivity index (χ4v) is 3.10. The first-order valence-electron chi connectivity index (χ1n) is 7.36. The Kier molecular flexibility index (Phi) is 3.81. The minimum absolute atomic E-state index is 0.466. The van der Waals surface area contributed by atoms with Crippen LogP contribution < -0.4 is 4.90 Å². The van der Waals surface area contributed by atoms with Crippen molar-refractivity contribution in [1.82, 2.24) is 0 Å². The van der Waals surface area contributed by atoms with Crippen LogP contribution in [-0.4, -0.2) is 23.7 Å². The van der Waals surface area contributed by atoms with Crippen LogP contribution in [0.1, 0.15) is 51.7 Å². The number of hydrogen-bond donors (Lipinski definition) is 1. The van der Waals surface area contributed by atoms with E-state index in [-0.39, 0.29) is 0 Å². The predicted octanol–water partition coefficient (Wildman–Crippen LogP) is 3.67. The highest BCUT2D eigenvalue weighted by atomic mass is 16.4. The first kappa shape index (κ1) is 14.9. The van der Waals surface area contributed by atoms with Crippen LogP contribution in [0.2, 0.25) is 0 Å². The van der Waals surface area contributed by atoms with Gasteiger partial charge in [-0.05, 0) is 51.3 Å². The average molecular weight is 275 g/mol. The second-order valence-electron chi connectivity index (χ2n) is 6.86. The zero-order valence-corrected chi connectivity index (χ0v) is 13.1. The first-order chi connectivity index (χ1) is 9.24. The Hall–Kier alpha value is -1.51. The van der Waals surface area contributed by atoms with Gasteiger partial charge in [0.25, 0.3) is 0 Å². The van der Waals surface area contributed by atoms with Gasteiger partial charge >= 0.3 is 5.97 Å². The molecular weight excluding hydrogens is 250 g/mol. The molecule has 1 aromatic carbocycles. The molecule has 1 heterocycles. The number of fused-ring (bicyclic) bond motifs is 1. The summed E-state index contributed by atoms with van der Waals surface area (Å²) in [6.07, 6.45) is 0.585. The Morgan fingerprint density at radius 2 is 2.10 bits per heavy atom. The van der Waals surface area contributed by atoms with Crippen molar-refractivity contribution in [2.24, 2.45) is 5.41 Å². The summed E-state index contributed by atoms with van der Waals surface area (Å²) >= 11 is 0. The van der Waals surface area contributed by atoms with Gasteiger partial charge in [-0.15, -0.1) is 0 Å². The van der Waals surface area contributed by atoms with Gasteiger partial charge in [0, 0.05) is 24.2 Å². The molecule has 0 spiro atoms. The van der Waals surface area contributed by atoms with Gasteiger partial charge in [-0.25, -0.2) is 0 Å². The van der Waals surface area contributed by atoms with E-state index >= 15 is 0 Å². The number of carboxylic acid groups (broad SMARTS) is 1. The van der Waals surface area contributed by atoms with Crippen molar-refractivity contribution in [1.29, 1.82) is 0 Å². The third-order valence-corrected chi connectivity index (χ3v) is 4.28. The lowest BCUT2D eigenvalue weighted by molar-refractivity contribution is -0.146. The Labute approximate surface area is 121 Å². The van der Waals surface area contributed by atoms with Crippen LogP contribution in [0, 0.1) is 5.41 Å². The highest BCUT2D eigenvalue weighted by Crippen LogP contribution is 2.41. The zero-order chi connectivity index (χ0) is 15.1. The lowest BCUT2D eigenvalue weighted by atomic mass is 9.82. The van der Waals surface area contributed by atoms with Gasteiger partial charge < -0.3 is 10.0 Å². The standard InChI is InChI=1S/C17H25NO2/c1-11(2)18-10-12(3)15-13(7-6-8-14(15)18)9-17(4,5)16(19)20/h6-8,11-12H,9-10H2,1-5H3,(H,19,20). The lowest BCUT2D eigenvalue weighted by Gasteiger charge is -2.25. The molecule has 20 heavy (non-hydrogen) atoms. The molecule has 1 atom stereocenters. The molecule has 0 bridgehead atoms. The summed E-state index contributed by atoms with van der Waals surface area (Å²) in [6.45, 7) is 11.3. The van der Waals surface area contributed by atoms with Gasteiger partial charge in [0.15, 0.2) is 0 Å². The maximum atomic E-state index is 11.4. The van der Waals surface area contributed by atoms with Crippen LogP contribution in [0.5, 0.6) is 0 Å². The van der Waals surface area contributed by atoms with Crippen LogP contribution in [-0.2, 0) is 11.2 Å². The van der Waals surface area contributed by atoms with E-state index in [9.17, 15) is 9.90 Å². The molecule has 0 amide bonds. The normalized spacial score (nSPS) is 18.5. The molecule has 3 nitrogen and oxygen atoms in total. The Balaban J connectivity index is 2.41. The van der Waals surface area contributed by atoms with Crippen LogP contribution in [0.15, 0.2) is 18.2 Å². The maximum absolute atomic E-state index is 11.4. The second kappa shape index (κ2) is 5.12. The molecule has 1 aliphatic heterocycles. The number of anilines is 1. The summed E-state index contributed by atoms with van der Waals surface area (Å²) in [4.78, 5) is 13.8. The van der Waals surface area contributed by atoms with E-state index < -0.39 is 11.4 Å². The van der Waals surface area contributed by atoms with Gasteiger partial charge in [-0.1, -0.05) is 19.1 Å². The second-order valence-corrected chi connectivity index (χ2v) is 6.86. The largest absolute Gasteiger partial charge is 0.481 e. The molecule has 0 saturated heterocycles. The van der Waals surface area contributed by atoms with E-state index in [4.69, 9.17) is 0 Å². The molecule has 0 radical (unpaired) electrons. The highest BCUT2D eigenvalue weighted by molar-refractivity contribution is 5.74. The number of carbonyl (C=O) groups is 1. The molecule has 0 fully saturated rings. The number of nitrogens with zero attached hydrogens (tertiary/aromatic N) is 1. The van der Waals surface area contributed by atoms with E-state index in [0.29, 0.717) is 18.4 Å². The molecule has 0 aliphatic carbocycles. The predicted molar refractivity (Wildman–Crippen MR) is 82.5 cm³/mol. The Bertz CT molecular complexity index is 520. The van der Waals surface area contributed by atoms with Crippen LogP contribution in [0.4, 0.5) is 5.69 Å². The third kappa shape index (κ3) is 2.54. The molecule has 1 N–H and O–H groups in total. The summed E-state index contributed by atoms with van der Waals surface area (Å²) in [5.41, 5.74) is 3.09. The first-order valence-corrected chi connectivity index (χ1v) is 7.36. The molecule has 0 saturated carbocycles. The van der Waals surface area contributed by atoms with E-state index in [2.05, 4.69) is 43.9 Å². The minimum Gasteiger partial charge on any atom is -0.481 e. The van der Waals surface area contributed by atoms with Gasteiger partial charge in [-0.3, -0.25) is 4.79 Å².